The van der Waals surface area contributed by atoms with Crippen molar-refractivity contribution in [1.82, 2.24) is 19.9 Å². The first-order chi connectivity index (χ1) is 13.0. The van der Waals surface area contributed by atoms with Gasteiger partial charge in [-0.05, 0) is 51.5 Å². The van der Waals surface area contributed by atoms with Crippen molar-refractivity contribution in [2.75, 3.05) is 0 Å². The van der Waals surface area contributed by atoms with Crippen molar-refractivity contribution in [3.8, 4) is 22.4 Å². The molecule has 5 heteroatoms. The highest BCUT2D eigenvalue weighted by atomic mass is 16.5. The minimum absolute atomic E-state index is 0.655. The number of aromatic nitrogens is 4. The molecule has 0 aliphatic carbocycles. The summed E-state index contributed by atoms with van der Waals surface area (Å²) in [6, 6.07) is 14.7. The topological polar surface area (TPSA) is 56.7 Å². The third-order valence-electron chi connectivity index (χ3n) is 4.84. The van der Waals surface area contributed by atoms with Crippen LogP contribution in [-0.2, 0) is 6.54 Å². The second-order valence-corrected chi connectivity index (χ2v) is 6.87. The summed E-state index contributed by atoms with van der Waals surface area (Å²) in [6.07, 6.45) is 1.99. The van der Waals surface area contributed by atoms with Gasteiger partial charge in [-0.15, -0.1) is 0 Å². The maximum absolute atomic E-state index is 5.25. The van der Waals surface area contributed by atoms with Crippen molar-refractivity contribution in [3.05, 3.63) is 77.1 Å². The second kappa shape index (κ2) is 6.83. The van der Waals surface area contributed by atoms with E-state index in [0.717, 1.165) is 50.8 Å². The maximum atomic E-state index is 5.25. The van der Waals surface area contributed by atoms with Gasteiger partial charge in [-0.1, -0.05) is 29.4 Å². The Morgan fingerprint density at radius 3 is 2.48 bits per heavy atom. The van der Waals surface area contributed by atoms with E-state index in [2.05, 4.69) is 40.5 Å². The van der Waals surface area contributed by atoms with Crippen molar-refractivity contribution in [2.24, 2.45) is 0 Å². The van der Waals surface area contributed by atoms with Crippen molar-refractivity contribution in [3.63, 3.8) is 0 Å². The Kier molecular flexibility index (Phi) is 4.36. The highest BCUT2D eigenvalue weighted by molar-refractivity contribution is 5.72. The highest BCUT2D eigenvalue weighted by Crippen LogP contribution is 2.27. The largest absolute Gasteiger partial charge is 0.361 e. The van der Waals surface area contributed by atoms with E-state index in [1.807, 2.05) is 50.7 Å². The zero-order valence-electron chi connectivity index (χ0n) is 16.0. The minimum atomic E-state index is 0.655. The van der Waals surface area contributed by atoms with Gasteiger partial charge in [0.15, 0.2) is 0 Å². The van der Waals surface area contributed by atoms with E-state index in [-0.39, 0.29) is 0 Å². The Balaban J connectivity index is 1.64. The van der Waals surface area contributed by atoms with E-state index in [4.69, 9.17) is 9.62 Å². The Morgan fingerprint density at radius 2 is 1.74 bits per heavy atom. The Morgan fingerprint density at radius 1 is 0.926 bits per heavy atom. The summed E-state index contributed by atoms with van der Waals surface area (Å²) in [5, 5.41) is 8.76. The molecule has 1 aromatic carbocycles. The van der Waals surface area contributed by atoms with Gasteiger partial charge in [-0.2, -0.15) is 5.10 Å². The molecule has 4 rings (SSSR count). The lowest BCUT2D eigenvalue weighted by atomic mass is 10.0. The van der Waals surface area contributed by atoms with Crippen LogP contribution in [-0.4, -0.2) is 19.9 Å². The zero-order valence-corrected chi connectivity index (χ0v) is 16.0. The molecule has 3 heterocycles. The van der Waals surface area contributed by atoms with Crippen LogP contribution in [0.15, 0.2) is 53.2 Å². The van der Waals surface area contributed by atoms with E-state index in [0.29, 0.717) is 6.54 Å². The molecule has 0 spiro atoms. The molecule has 0 unspecified atom stereocenters. The van der Waals surface area contributed by atoms with Gasteiger partial charge in [0, 0.05) is 34.3 Å². The molecule has 0 radical (unpaired) electrons. The third-order valence-corrected chi connectivity index (χ3v) is 4.84. The van der Waals surface area contributed by atoms with Crippen molar-refractivity contribution in [2.45, 2.75) is 34.2 Å². The molecule has 0 aliphatic heterocycles. The molecule has 0 fully saturated rings. The summed E-state index contributed by atoms with van der Waals surface area (Å²) in [4.78, 5) is 4.58. The quantitative estimate of drug-likeness (QED) is 0.521. The normalized spacial score (nSPS) is 11.1. The van der Waals surface area contributed by atoms with Gasteiger partial charge in [-0.25, -0.2) is 0 Å². The number of pyridine rings is 1. The number of benzene rings is 1. The Labute approximate surface area is 158 Å². The minimum Gasteiger partial charge on any atom is -0.361 e. The fourth-order valence-corrected chi connectivity index (χ4v) is 3.33. The molecule has 27 heavy (non-hydrogen) atoms. The van der Waals surface area contributed by atoms with E-state index in [1.165, 1.54) is 0 Å². The molecule has 0 amide bonds. The summed E-state index contributed by atoms with van der Waals surface area (Å²) >= 11 is 0. The van der Waals surface area contributed by atoms with Gasteiger partial charge in [0.1, 0.15) is 5.76 Å². The molecular weight excluding hydrogens is 336 g/mol. The van der Waals surface area contributed by atoms with Gasteiger partial charge in [0.2, 0.25) is 0 Å². The van der Waals surface area contributed by atoms with E-state index in [9.17, 15) is 0 Å². The van der Waals surface area contributed by atoms with Crippen LogP contribution < -0.4 is 0 Å². The fraction of sp³-hybridized carbons (Fsp3) is 0.227. The van der Waals surface area contributed by atoms with E-state index >= 15 is 0 Å². The van der Waals surface area contributed by atoms with Crippen LogP contribution in [0.25, 0.3) is 22.4 Å². The Bertz CT molecular complexity index is 1090. The molecule has 0 N–H and O–H groups in total. The lowest BCUT2D eigenvalue weighted by molar-refractivity contribution is 0.391. The summed E-state index contributed by atoms with van der Waals surface area (Å²) in [7, 11) is 0. The number of hydrogen-bond donors (Lipinski definition) is 0. The molecular formula is C22H22N4O. The first kappa shape index (κ1) is 17.2. The molecule has 5 nitrogen and oxygen atoms in total. The molecule has 4 aromatic rings. The Hall–Kier alpha value is -3.21. The number of rotatable bonds is 4. The number of aryl methyl sites for hydroxylation is 4. The predicted molar refractivity (Wildman–Crippen MR) is 105 cm³/mol. The van der Waals surface area contributed by atoms with Crippen LogP contribution in [0.1, 0.15) is 28.4 Å². The molecule has 0 saturated carbocycles. The lowest BCUT2D eigenvalue weighted by Gasteiger charge is -2.08. The standard InChI is InChI=1S/C22H22N4O/c1-14-8-9-20(15(2)23-14)18-6-5-7-19(12-18)22-10-11-26(24-22)13-21-16(3)25-27-17(21)4/h5-12H,13H2,1-4H3. The first-order valence-electron chi connectivity index (χ1n) is 9.01. The molecule has 0 bridgehead atoms. The van der Waals surface area contributed by atoms with Crippen LogP contribution in [0.2, 0.25) is 0 Å². The van der Waals surface area contributed by atoms with Crippen molar-refractivity contribution >= 4 is 0 Å². The smallest absolute Gasteiger partial charge is 0.138 e. The van der Waals surface area contributed by atoms with Crippen LogP contribution >= 0.6 is 0 Å². The van der Waals surface area contributed by atoms with Gasteiger partial charge in [-0.3, -0.25) is 9.67 Å². The average Bonchev–Trinajstić information content (AvgIpc) is 3.24. The van der Waals surface area contributed by atoms with E-state index < -0.39 is 0 Å². The molecule has 3 aromatic heterocycles. The third kappa shape index (κ3) is 3.40. The lowest BCUT2D eigenvalue weighted by Crippen LogP contribution is -2.02. The molecule has 0 atom stereocenters. The monoisotopic (exact) mass is 358 g/mol. The van der Waals surface area contributed by atoms with Gasteiger partial charge >= 0.3 is 0 Å². The molecule has 0 saturated heterocycles. The predicted octanol–water partition coefficient (Wildman–Crippen LogP) is 4.88. The number of hydrogen-bond acceptors (Lipinski definition) is 4. The SMILES string of the molecule is Cc1ccc(-c2cccc(-c3ccn(Cc4c(C)noc4C)n3)c2)c(C)n1. The summed E-state index contributed by atoms with van der Waals surface area (Å²) in [5.41, 5.74) is 8.40. The molecule has 0 aliphatic rings. The van der Waals surface area contributed by atoms with Gasteiger partial charge in [0.05, 0.1) is 17.9 Å². The van der Waals surface area contributed by atoms with Crippen molar-refractivity contribution in [1.29, 1.82) is 0 Å². The second-order valence-electron chi connectivity index (χ2n) is 6.87. The first-order valence-corrected chi connectivity index (χ1v) is 9.01. The summed E-state index contributed by atoms with van der Waals surface area (Å²) < 4.78 is 7.17. The van der Waals surface area contributed by atoms with Crippen LogP contribution in [0.4, 0.5) is 0 Å². The molecule has 136 valence electrons. The summed E-state index contributed by atoms with van der Waals surface area (Å²) in [6.45, 7) is 8.60. The average molecular weight is 358 g/mol. The van der Waals surface area contributed by atoms with Crippen LogP contribution in [0.5, 0.6) is 0 Å². The van der Waals surface area contributed by atoms with Gasteiger partial charge in [0.25, 0.3) is 0 Å². The highest BCUT2D eigenvalue weighted by Gasteiger charge is 2.11. The fourth-order valence-electron chi connectivity index (χ4n) is 3.33. The van der Waals surface area contributed by atoms with Crippen LogP contribution in [0.3, 0.4) is 0 Å². The van der Waals surface area contributed by atoms with E-state index in [1.54, 1.807) is 0 Å². The van der Waals surface area contributed by atoms with Crippen molar-refractivity contribution < 1.29 is 4.52 Å². The zero-order chi connectivity index (χ0) is 19.0. The summed E-state index contributed by atoms with van der Waals surface area (Å²) in [5.74, 6) is 0.842. The van der Waals surface area contributed by atoms with Gasteiger partial charge < -0.3 is 4.52 Å². The maximum Gasteiger partial charge on any atom is 0.138 e. The number of nitrogens with zero attached hydrogens (tertiary/aromatic N) is 4. The van der Waals surface area contributed by atoms with Crippen LogP contribution in [0, 0.1) is 27.7 Å².